The number of ketones is 1. The molecule has 150 valence electrons. The zero-order chi connectivity index (χ0) is 20.3. The molecule has 1 N–H and O–H groups in total. The van der Waals surface area contributed by atoms with Crippen molar-refractivity contribution in [3.05, 3.63) is 58.2 Å². The molecule has 2 aliphatic carbocycles. The zero-order valence-corrected chi connectivity index (χ0v) is 17.0. The highest BCUT2D eigenvalue weighted by atomic mass is 16.5. The summed E-state index contributed by atoms with van der Waals surface area (Å²) in [4.78, 5) is 30.9. The predicted molar refractivity (Wildman–Crippen MR) is 108 cm³/mol. The lowest BCUT2D eigenvalue weighted by molar-refractivity contribution is -0.147. The van der Waals surface area contributed by atoms with Gasteiger partial charge in [-0.15, -0.1) is 0 Å². The molecule has 29 heavy (non-hydrogen) atoms. The smallest absolute Gasteiger partial charge is 0.314 e. The normalized spacial score (nSPS) is 21.5. The van der Waals surface area contributed by atoms with Gasteiger partial charge in [0.05, 0.1) is 23.8 Å². The minimum absolute atomic E-state index is 0.0403. The van der Waals surface area contributed by atoms with Crippen molar-refractivity contribution in [1.29, 1.82) is 0 Å². The molecule has 1 aliphatic heterocycles. The summed E-state index contributed by atoms with van der Waals surface area (Å²) in [5.74, 6) is 0.00666. The van der Waals surface area contributed by atoms with Crippen LogP contribution in [-0.4, -0.2) is 33.4 Å². The predicted octanol–water partition coefficient (Wildman–Crippen LogP) is 2.28. The zero-order valence-electron chi connectivity index (χ0n) is 17.0. The molecular formula is C23H25N3O3. The Balaban J connectivity index is 1.62. The number of nitrogens with one attached hydrogen (secondary N) is 1. The van der Waals surface area contributed by atoms with Crippen LogP contribution in [0.1, 0.15) is 41.7 Å². The Labute approximate surface area is 170 Å². The van der Waals surface area contributed by atoms with Crippen molar-refractivity contribution < 1.29 is 14.3 Å². The van der Waals surface area contributed by atoms with Crippen LogP contribution >= 0.6 is 0 Å². The maximum absolute atomic E-state index is 13.4. The van der Waals surface area contributed by atoms with Crippen molar-refractivity contribution in [2.75, 3.05) is 6.61 Å². The monoisotopic (exact) mass is 391 g/mol. The summed E-state index contributed by atoms with van der Waals surface area (Å²) in [7, 11) is 1.96. The van der Waals surface area contributed by atoms with Crippen LogP contribution in [0, 0.1) is 12.8 Å². The van der Waals surface area contributed by atoms with Crippen LogP contribution in [-0.2, 0) is 40.6 Å². The first-order valence-electron chi connectivity index (χ1n) is 10.2. The molecule has 2 aromatic rings. The molecule has 1 aromatic heterocycles. The average Bonchev–Trinajstić information content (AvgIpc) is 3.18. The minimum atomic E-state index is -0.576. The number of imidazole rings is 1. The van der Waals surface area contributed by atoms with E-state index < -0.39 is 5.92 Å². The lowest BCUT2D eigenvalue weighted by Crippen LogP contribution is -2.53. The van der Waals surface area contributed by atoms with E-state index in [2.05, 4.69) is 17.4 Å². The van der Waals surface area contributed by atoms with Gasteiger partial charge >= 0.3 is 5.97 Å². The first-order chi connectivity index (χ1) is 13.9. The Morgan fingerprint density at radius 2 is 1.97 bits per heavy atom. The Kier molecular flexibility index (Phi) is 3.95. The molecule has 0 fully saturated rings. The second-order valence-electron chi connectivity index (χ2n) is 8.44. The minimum Gasteiger partial charge on any atom is -0.466 e. The number of benzene rings is 1. The van der Waals surface area contributed by atoms with Crippen LogP contribution in [0.2, 0.25) is 0 Å². The van der Waals surface area contributed by atoms with E-state index in [0.29, 0.717) is 25.0 Å². The standard InChI is InChI=1S/C23H25N3O3/c1-4-29-22(28)16-9-17-20(24-13(2)26(17)3)21-19(16)18(27)12-23(25-21)10-14-7-5-6-8-15(14)11-23/h5-8,16,25H,4,9-12H2,1-3H3. The molecule has 1 atom stereocenters. The molecule has 2 heterocycles. The van der Waals surface area contributed by atoms with Gasteiger partial charge in [-0.3, -0.25) is 9.59 Å². The van der Waals surface area contributed by atoms with Crippen molar-refractivity contribution in [2.24, 2.45) is 13.0 Å². The third-order valence-electron chi connectivity index (χ3n) is 6.63. The molecule has 0 saturated heterocycles. The van der Waals surface area contributed by atoms with Crippen LogP contribution in [0.25, 0.3) is 5.70 Å². The fourth-order valence-electron chi connectivity index (χ4n) is 5.21. The molecular weight excluding hydrogens is 366 g/mol. The van der Waals surface area contributed by atoms with E-state index in [1.807, 2.05) is 30.7 Å². The van der Waals surface area contributed by atoms with E-state index in [4.69, 9.17) is 9.72 Å². The molecule has 5 rings (SSSR count). The maximum atomic E-state index is 13.4. The highest BCUT2D eigenvalue weighted by molar-refractivity contribution is 6.09. The fraction of sp³-hybridized carbons (Fsp3) is 0.435. The molecule has 0 bridgehead atoms. The largest absolute Gasteiger partial charge is 0.466 e. The van der Waals surface area contributed by atoms with Crippen molar-refractivity contribution in [2.45, 2.75) is 45.1 Å². The van der Waals surface area contributed by atoms with Crippen molar-refractivity contribution in [1.82, 2.24) is 14.9 Å². The van der Waals surface area contributed by atoms with Gasteiger partial charge in [-0.05, 0) is 37.8 Å². The lowest BCUT2D eigenvalue weighted by atomic mass is 9.75. The van der Waals surface area contributed by atoms with Gasteiger partial charge in [0.15, 0.2) is 5.78 Å². The van der Waals surface area contributed by atoms with Gasteiger partial charge in [0.25, 0.3) is 0 Å². The molecule has 1 unspecified atom stereocenters. The molecule has 0 amide bonds. The second kappa shape index (κ2) is 6.31. The summed E-state index contributed by atoms with van der Waals surface area (Å²) < 4.78 is 7.34. The van der Waals surface area contributed by atoms with Gasteiger partial charge in [-0.2, -0.15) is 0 Å². The Bertz CT molecular complexity index is 1050. The number of aryl methyl sites for hydroxylation is 1. The number of carbonyl (C=O) groups is 2. The number of rotatable bonds is 2. The van der Waals surface area contributed by atoms with Gasteiger partial charge in [0.2, 0.25) is 0 Å². The third-order valence-corrected chi connectivity index (χ3v) is 6.63. The fourth-order valence-corrected chi connectivity index (χ4v) is 5.21. The molecule has 3 aliphatic rings. The number of hydrogen-bond acceptors (Lipinski definition) is 5. The second-order valence-corrected chi connectivity index (χ2v) is 8.44. The van der Waals surface area contributed by atoms with E-state index in [1.165, 1.54) is 11.1 Å². The number of hydrogen-bond donors (Lipinski definition) is 1. The van der Waals surface area contributed by atoms with Gasteiger partial charge in [-0.1, -0.05) is 24.3 Å². The number of ether oxygens (including phenoxy) is 1. The number of fused-ring (bicyclic) bond motifs is 3. The number of aromatic nitrogens is 2. The van der Waals surface area contributed by atoms with Crippen molar-refractivity contribution >= 4 is 17.4 Å². The van der Waals surface area contributed by atoms with E-state index in [1.54, 1.807) is 6.92 Å². The summed E-state index contributed by atoms with van der Waals surface area (Å²) >= 11 is 0. The average molecular weight is 391 g/mol. The summed E-state index contributed by atoms with van der Waals surface area (Å²) in [6.07, 6.45) is 2.44. The summed E-state index contributed by atoms with van der Waals surface area (Å²) in [6, 6.07) is 8.37. The molecule has 1 aromatic carbocycles. The van der Waals surface area contributed by atoms with Crippen LogP contribution < -0.4 is 5.32 Å². The van der Waals surface area contributed by atoms with Crippen LogP contribution in [0.3, 0.4) is 0 Å². The van der Waals surface area contributed by atoms with Gasteiger partial charge < -0.3 is 14.6 Å². The van der Waals surface area contributed by atoms with Crippen LogP contribution in [0.15, 0.2) is 29.8 Å². The first kappa shape index (κ1) is 18.2. The SMILES string of the molecule is CCOC(=O)C1Cc2c(nc(C)n2C)C2=C1C(=O)CC1(Cc3ccccc3C1)N2. The number of nitrogens with zero attached hydrogens (tertiary/aromatic N) is 2. The number of Topliss-reactive ketones (excluding diaryl/α,β-unsaturated/α-hetero) is 1. The highest BCUT2D eigenvalue weighted by Gasteiger charge is 2.49. The third kappa shape index (κ3) is 2.65. The van der Waals surface area contributed by atoms with E-state index in [9.17, 15) is 9.59 Å². The molecule has 1 spiro atoms. The molecule has 0 radical (unpaired) electrons. The van der Waals surface area contributed by atoms with Crippen LogP contribution in [0.5, 0.6) is 0 Å². The topological polar surface area (TPSA) is 73.2 Å². The summed E-state index contributed by atoms with van der Waals surface area (Å²) in [6.45, 7) is 4.04. The van der Waals surface area contributed by atoms with Gasteiger partial charge in [0.1, 0.15) is 11.5 Å². The Hall–Kier alpha value is -2.89. The molecule has 0 saturated carbocycles. The summed E-state index contributed by atoms with van der Waals surface area (Å²) in [5, 5.41) is 3.71. The van der Waals surface area contributed by atoms with Gasteiger partial charge in [0, 0.05) is 31.2 Å². The van der Waals surface area contributed by atoms with E-state index >= 15 is 0 Å². The van der Waals surface area contributed by atoms with E-state index in [-0.39, 0.29) is 17.3 Å². The van der Waals surface area contributed by atoms with Gasteiger partial charge in [-0.25, -0.2) is 4.98 Å². The number of carbonyl (C=O) groups excluding carboxylic acids is 2. The van der Waals surface area contributed by atoms with Crippen molar-refractivity contribution in [3.63, 3.8) is 0 Å². The van der Waals surface area contributed by atoms with Crippen LogP contribution in [0.4, 0.5) is 0 Å². The lowest BCUT2D eigenvalue weighted by Gasteiger charge is -2.40. The molecule has 6 heteroatoms. The highest BCUT2D eigenvalue weighted by Crippen LogP contribution is 2.44. The van der Waals surface area contributed by atoms with E-state index in [0.717, 1.165) is 35.8 Å². The summed E-state index contributed by atoms with van der Waals surface area (Å²) in [5.41, 5.74) is 5.29. The Morgan fingerprint density at radius 1 is 1.28 bits per heavy atom. The quantitative estimate of drug-likeness (QED) is 0.795. The molecule has 6 nitrogen and oxygen atoms in total. The van der Waals surface area contributed by atoms with Crippen molar-refractivity contribution in [3.8, 4) is 0 Å². The number of esters is 1. The Morgan fingerprint density at radius 3 is 2.62 bits per heavy atom. The first-order valence-corrected chi connectivity index (χ1v) is 10.2. The maximum Gasteiger partial charge on any atom is 0.314 e.